The van der Waals surface area contributed by atoms with Gasteiger partial charge in [-0.05, 0) is 42.3 Å². The van der Waals surface area contributed by atoms with Gasteiger partial charge in [-0.2, -0.15) is 0 Å². The van der Waals surface area contributed by atoms with Crippen molar-refractivity contribution in [3.8, 4) is 0 Å². The molecular formula is C15H22N2O2S. The molecule has 4 nitrogen and oxygen atoms in total. The maximum absolute atomic E-state index is 12.0. The highest BCUT2D eigenvalue weighted by Gasteiger charge is 2.08. The first-order chi connectivity index (χ1) is 9.54. The van der Waals surface area contributed by atoms with Crippen LogP contribution >= 0.6 is 12.2 Å². The van der Waals surface area contributed by atoms with E-state index in [9.17, 15) is 4.79 Å². The van der Waals surface area contributed by atoms with E-state index < -0.39 is 0 Å². The van der Waals surface area contributed by atoms with Crippen molar-refractivity contribution in [1.82, 2.24) is 10.6 Å². The minimum Gasteiger partial charge on any atom is -0.385 e. The van der Waals surface area contributed by atoms with E-state index in [0.717, 1.165) is 6.42 Å². The summed E-state index contributed by atoms with van der Waals surface area (Å²) in [5, 5.41) is 5.98. The quantitative estimate of drug-likeness (QED) is 0.625. The van der Waals surface area contributed by atoms with Gasteiger partial charge in [0.1, 0.15) is 0 Å². The van der Waals surface area contributed by atoms with Gasteiger partial charge in [-0.3, -0.25) is 10.1 Å². The van der Waals surface area contributed by atoms with Crippen molar-refractivity contribution in [3.63, 3.8) is 0 Å². The summed E-state index contributed by atoms with van der Waals surface area (Å²) in [4.78, 5) is 12.0. The summed E-state index contributed by atoms with van der Waals surface area (Å²) in [6.45, 7) is 5.59. The van der Waals surface area contributed by atoms with E-state index in [4.69, 9.17) is 17.0 Å². The molecule has 0 aromatic heterocycles. The highest BCUT2D eigenvalue weighted by molar-refractivity contribution is 7.80. The highest BCUT2D eigenvalue weighted by atomic mass is 32.1. The fourth-order valence-corrected chi connectivity index (χ4v) is 1.85. The molecule has 20 heavy (non-hydrogen) atoms. The van der Waals surface area contributed by atoms with Crippen molar-refractivity contribution in [2.45, 2.75) is 26.2 Å². The monoisotopic (exact) mass is 294 g/mol. The summed E-state index contributed by atoms with van der Waals surface area (Å²) in [7, 11) is 1.65. The average Bonchev–Trinajstić information content (AvgIpc) is 2.43. The number of carbonyl (C=O) groups excluding carboxylic acids is 1. The number of thiocarbonyl (C=S) groups is 1. The molecule has 0 fully saturated rings. The van der Waals surface area contributed by atoms with Crippen LogP contribution in [-0.2, 0) is 4.74 Å². The summed E-state index contributed by atoms with van der Waals surface area (Å²) >= 11 is 5.06. The van der Waals surface area contributed by atoms with Gasteiger partial charge in [0.2, 0.25) is 0 Å². The Balaban J connectivity index is 2.43. The average molecular weight is 294 g/mol. The second-order valence-electron chi connectivity index (χ2n) is 4.83. The van der Waals surface area contributed by atoms with Gasteiger partial charge in [0.05, 0.1) is 0 Å². The summed E-state index contributed by atoms with van der Waals surface area (Å²) in [6.07, 6.45) is 0.843. The molecule has 0 saturated carbocycles. The van der Waals surface area contributed by atoms with Crippen molar-refractivity contribution in [3.05, 3.63) is 35.4 Å². The Labute approximate surface area is 125 Å². The zero-order valence-corrected chi connectivity index (χ0v) is 13.0. The Hall–Kier alpha value is -1.46. The van der Waals surface area contributed by atoms with Crippen LogP contribution < -0.4 is 10.6 Å². The number of methoxy groups -OCH3 is 1. The molecule has 0 radical (unpaired) electrons. The van der Waals surface area contributed by atoms with E-state index in [0.29, 0.717) is 29.7 Å². The predicted molar refractivity (Wildman–Crippen MR) is 85.1 cm³/mol. The van der Waals surface area contributed by atoms with Gasteiger partial charge in [-0.1, -0.05) is 26.0 Å². The lowest BCUT2D eigenvalue weighted by Gasteiger charge is -2.10. The van der Waals surface area contributed by atoms with Crippen LogP contribution in [0, 0.1) is 0 Å². The Kier molecular flexibility index (Phi) is 7.18. The number of carbonyl (C=O) groups is 1. The van der Waals surface area contributed by atoms with Gasteiger partial charge >= 0.3 is 0 Å². The van der Waals surface area contributed by atoms with Gasteiger partial charge in [-0.25, -0.2) is 0 Å². The van der Waals surface area contributed by atoms with Crippen molar-refractivity contribution in [2.75, 3.05) is 20.3 Å². The molecule has 5 heteroatoms. The Morgan fingerprint density at radius 2 is 1.95 bits per heavy atom. The van der Waals surface area contributed by atoms with Crippen molar-refractivity contribution < 1.29 is 9.53 Å². The Bertz CT molecular complexity index is 444. The van der Waals surface area contributed by atoms with Crippen LogP contribution in [-0.4, -0.2) is 31.3 Å². The Morgan fingerprint density at radius 3 is 2.50 bits per heavy atom. The summed E-state index contributed by atoms with van der Waals surface area (Å²) in [6, 6.07) is 7.57. The van der Waals surface area contributed by atoms with Crippen molar-refractivity contribution >= 4 is 23.2 Å². The normalized spacial score (nSPS) is 10.4. The maximum atomic E-state index is 12.0. The minimum absolute atomic E-state index is 0.190. The minimum atomic E-state index is -0.190. The van der Waals surface area contributed by atoms with Crippen LogP contribution in [0.15, 0.2) is 24.3 Å². The van der Waals surface area contributed by atoms with E-state index >= 15 is 0 Å². The molecule has 0 saturated heterocycles. The number of nitrogens with one attached hydrogen (secondary N) is 2. The molecule has 1 aromatic carbocycles. The van der Waals surface area contributed by atoms with Gasteiger partial charge in [0.15, 0.2) is 5.11 Å². The third kappa shape index (κ3) is 5.67. The maximum Gasteiger partial charge on any atom is 0.257 e. The summed E-state index contributed by atoms with van der Waals surface area (Å²) < 4.78 is 4.93. The SMILES string of the molecule is COCCCNC(=S)NC(=O)c1ccc(C(C)C)cc1. The van der Waals surface area contributed by atoms with Gasteiger partial charge in [0.25, 0.3) is 5.91 Å². The van der Waals surface area contributed by atoms with Crippen molar-refractivity contribution in [1.29, 1.82) is 0 Å². The molecule has 0 bridgehead atoms. The fourth-order valence-electron chi connectivity index (χ4n) is 1.66. The van der Waals surface area contributed by atoms with Crippen LogP contribution in [0.1, 0.15) is 42.1 Å². The summed E-state index contributed by atoms with van der Waals surface area (Å²) in [5.41, 5.74) is 1.82. The second-order valence-corrected chi connectivity index (χ2v) is 5.24. The smallest absolute Gasteiger partial charge is 0.257 e. The molecule has 0 heterocycles. The number of rotatable bonds is 6. The molecule has 1 rings (SSSR count). The molecule has 1 aromatic rings. The second kappa shape index (κ2) is 8.66. The molecule has 2 N–H and O–H groups in total. The lowest BCUT2D eigenvalue weighted by atomic mass is 10.0. The lowest BCUT2D eigenvalue weighted by molar-refractivity contribution is 0.0976. The molecule has 1 amide bonds. The van der Waals surface area contributed by atoms with Crippen molar-refractivity contribution in [2.24, 2.45) is 0 Å². The third-order valence-electron chi connectivity index (χ3n) is 2.88. The first-order valence-corrected chi connectivity index (χ1v) is 7.13. The third-order valence-corrected chi connectivity index (χ3v) is 3.12. The first kappa shape index (κ1) is 16.6. The van der Waals surface area contributed by atoms with Gasteiger partial charge in [-0.15, -0.1) is 0 Å². The zero-order chi connectivity index (χ0) is 15.0. The molecule has 0 spiro atoms. The van der Waals surface area contributed by atoms with Gasteiger partial charge < -0.3 is 10.1 Å². The van der Waals surface area contributed by atoms with Crippen LogP contribution in [0.3, 0.4) is 0 Å². The number of ether oxygens (including phenoxy) is 1. The number of benzene rings is 1. The molecule has 110 valence electrons. The highest BCUT2D eigenvalue weighted by Crippen LogP contribution is 2.14. The van der Waals surface area contributed by atoms with E-state index in [-0.39, 0.29) is 5.91 Å². The molecule has 0 unspecified atom stereocenters. The topological polar surface area (TPSA) is 50.4 Å². The number of amides is 1. The zero-order valence-electron chi connectivity index (χ0n) is 12.2. The molecule has 0 atom stereocenters. The number of hydrogen-bond acceptors (Lipinski definition) is 3. The largest absolute Gasteiger partial charge is 0.385 e. The van der Waals surface area contributed by atoms with Crippen LogP contribution in [0.2, 0.25) is 0 Å². The van der Waals surface area contributed by atoms with E-state index in [1.807, 2.05) is 24.3 Å². The molecule has 0 aliphatic heterocycles. The predicted octanol–water partition coefficient (Wildman–Crippen LogP) is 2.45. The molecule has 0 aliphatic rings. The Morgan fingerprint density at radius 1 is 1.30 bits per heavy atom. The molecule has 0 aliphatic carbocycles. The van der Waals surface area contributed by atoms with Crippen LogP contribution in [0.4, 0.5) is 0 Å². The van der Waals surface area contributed by atoms with E-state index in [1.54, 1.807) is 7.11 Å². The van der Waals surface area contributed by atoms with Crippen LogP contribution in [0.25, 0.3) is 0 Å². The lowest BCUT2D eigenvalue weighted by Crippen LogP contribution is -2.39. The van der Waals surface area contributed by atoms with Gasteiger partial charge in [0, 0.05) is 25.8 Å². The summed E-state index contributed by atoms with van der Waals surface area (Å²) in [5.74, 6) is 0.264. The standard InChI is InChI=1S/C15H22N2O2S/c1-11(2)12-5-7-13(8-6-12)14(18)17-15(20)16-9-4-10-19-3/h5-8,11H,4,9-10H2,1-3H3,(H2,16,17,18,20). The first-order valence-electron chi connectivity index (χ1n) is 6.72. The van der Waals surface area contributed by atoms with E-state index in [1.165, 1.54) is 5.56 Å². The van der Waals surface area contributed by atoms with Crippen LogP contribution in [0.5, 0.6) is 0 Å². The molecular weight excluding hydrogens is 272 g/mol. The number of hydrogen-bond donors (Lipinski definition) is 2. The van der Waals surface area contributed by atoms with E-state index in [2.05, 4.69) is 24.5 Å². The fraction of sp³-hybridized carbons (Fsp3) is 0.467.